The van der Waals surface area contributed by atoms with Gasteiger partial charge in [-0.15, -0.1) is 11.3 Å². The maximum atomic E-state index is 12.9. The molecule has 1 aromatic carbocycles. The van der Waals surface area contributed by atoms with Crippen LogP contribution < -0.4 is 10.9 Å². The molecule has 1 atom stereocenters. The summed E-state index contributed by atoms with van der Waals surface area (Å²) in [6, 6.07) is 7.73. The van der Waals surface area contributed by atoms with Gasteiger partial charge in [-0.2, -0.15) is 23.0 Å². The van der Waals surface area contributed by atoms with Gasteiger partial charge in [0.25, 0.3) is 5.56 Å². The lowest BCUT2D eigenvalue weighted by molar-refractivity contribution is -0.137. The van der Waals surface area contributed by atoms with Gasteiger partial charge in [0.2, 0.25) is 0 Å². The molecule has 3 aromatic rings. The zero-order chi connectivity index (χ0) is 20.3. The number of aliphatic hydroxyl groups is 1. The molecule has 0 aliphatic heterocycles. The van der Waals surface area contributed by atoms with Crippen molar-refractivity contribution >= 4 is 28.6 Å². The van der Waals surface area contributed by atoms with E-state index in [0.717, 1.165) is 21.7 Å². The van der Waals surface area contributed by atoms with Gasteiger partial charge in [-0.3, -0.25) is 4.79 Å². The second kappa shape index (κ2) is 8.34. The number of alkyl halides is 3. The first kappa shape index (κ1) is 20.4. The van der Waals surface area contributed by atoms with Gasteiger partial charge in [0.05, 0.1) is 29.2 Å². The molecule has 2 N–H and O–H groups in total. The number of anilines is 1. The van der Waals surface area contributed by atoms with Crippen LogP contribution in [-0.2, 0) is 6.18 Å². The minimum Gasteiger partial charge on any atom is -0.396 e. The molecule has 2 aromatic heterocycles. The van der Waals surface area contributed by atoms with Crippen molar-refractivity contribution in [2.24, 2.45) is 0 Å². The fourth-order valence-electron chi connectivity index (χ4n) is 2.62. The summed E-state index contributed by atoms with van der Waals surface area (Å²) in [6.07, 6.45) is -2.88. The standard InChI is InChI=1S/C18H15ClF3N3O2S/c19-16-14(24-13(6-7-26)15-5-2-8-28-15)10-23-25(17(16)27)12-4-1-3-11(9-12)18(20,21)22/h1-5,8-10,13,24,26H,6-7H2. The molecule has 0 fully saturated rings. The van der Waals surface area contributed by atoms with Crippen molar-refractivity contribution in [1.82, 2.24) is 9.78 Å². The molecule has 0 amide bonds. The summed E-state index contributed by atoms with van der Waals surface area (Å²) in [5.74, 6) is 0. The molecule has 1 unspecified atom stereocenters. The van der Waals surface area contributed by atoms with Crippen LogP contribution in [0, 0.1) is 0 Å². The maximum Gasteiger partial charge on any atom is 0.416 e. The minimum absolute atomic E-state index is 0.0431. The number of benzene rings is 1. The largest absolute Gasteiger partial charge is 0.416 e. The highest BCUT2D eigenvalue weighted by molar-refractivity contribution is 7.10. The van der Waals surface area contributed by atoms with Crippen molar-refractivity contribution in [2.45, 2.75) is 18.6 Å². The monoisotopic (exact) mass is 429 g/mol. The molecule has 2 heterocycles. The Morgan fingerprint density at radius 2 is 2.07 bits per heavy atom. The Labute approximate surface area is 167 Å². The number of thiophene rings is 1. The molecule has 0 aliphatic rings. The quantitative estimate of drug-likeness (QED) is 0.605. The Bertz CT molecular complexity index is 1010. The van der Waals surface area contributed by atoms with Crippen molar-refractivity contribution in [2.75, 3.05) is 11.9 Å². The minimum atomic E-state index is -4.54. The highest BCUT2D eigenvalue weighted by Gasteiger charge is 2.30. The third-order valence-electron chi connectivity index (χ3n) is 3.97. The van der Waals surface area contributed by atoms with Gasteiger partial charge in [0, 0.05) is 11.5 Å². The summed E-state index contributed by atoms with van der Waals surface area (Å²) in [5, 5.41) is 18.0. The molecule has 5 nitrogen and oxygen atoms in total. The number of aromatic nitrogens is 2. The molecular weight excluding hydrogens is 415 g/mol. The number of nitrogens with zero attached hydrogens (tertiary/aromatic N) is 2. The van der Waals surface area contributed by atoms with Gasteiger partial charge in [-0.05, 0) is 36.1 Å². The highest BCUT2D eigenvalue weighted by Crippen LogP contribution is 2.31. The van der Waals surface area contributed by atoms with Crippen molar-refractivity contribution in [3.63, 3.8) is 0 Å². The number of nitrogens with one attached hydrogen (secondary N) is 1. The summed E-state index contributed by atoms with van der Waals surface area (Å²) < 4.78 is 39.6. The number of rotatable bonds is 6. The first-order chi connectivity index (χ1) is 13.3. The average Bonchev–Trinajstić information content (AvgIpc) is 3.19. The Morgan fingerprint density at radius 3 is 2.71 bits per heavy atom. The predicted octanol–water partition coefficient (Wildman–Crippen LogP) is 4.50. The Kier molecular flexibility index (Phi) is 6.07. The molecule has 0 bridgehead atoms. The van der Waals surface area contributed by atoms with E-state index in [0.29, 0.717) is 6.42 Å². The van der Waals surface area contributed by atoms with E-state index in [1.807, 2.05) is 17.5 Å². The highest BCUT2D eigenvalue weighted by atomic mass is 35.5. The molecule has 0 aliphatic carbocycles. The van der Waals surface area contributed by atoms with E-state index in [-0.39, 0.29) is 29.0 Å². The van der Waals surface area contributed by atoms with E-state index >= 15 is 0 Å². The van der Waals surface area contributed by atoms with Crippen molar-refractivity contribution in [3.8, 4) is 5.69 Å². The molecule has 0 radical (unpaired) electrons. The molecule has 0 saturated carbocycles. The Hall–Kier alpha value is -2.36. The fraction of sp³-hybridized carbons (Fsp3) is 0.222. The first-order valence-corrected chi connectivity index (χ1v) is 9.43. The van der Waals surface area contributed by atoms with Crippen LogP contribution in [0.5, 0.6) is 0 Å². The normalized spacial score (nSPS) is 12.8. The lowest BCUT2D eigenvalue weighted by atomic mass is 10.1. The summed E-state index contributed by atoms with van der Waals surface area (Å²) in [4.78, 5) is 13.5. The summed E-state index contributed by atoms with van der Waals surface area (Å²) in [6.45, 7) is -0.0814. The fourth-order valence-corrected chi connectivity index (χ4v) is 3.62. The van der Waals surface area contributed by atoms with Gasteiger partial charge >= 0.3 is 6.18 Å². The van der Waals surface area contributed by atoms with E-state index in [9.17, 15) is 23.1 Å². The van der Waals surface area contributed by atoms with Crippen LogP contribution in [0.4, 0.5) is 18.9 Å². The van der Waals surface area contributed by atoms with Crippen LogP contribution in [0.25, 0.3) is 5.69 Å². The van der Waals surface area contributed by atoms with Crippen molar-refractivity contribution in [1.29, 1.82) is 0 Å². The van der Waals surface area contributed by atoms with E-state index in [1.165, 1.54) is 29.7 Å². The average molecular weight is 430 g/mol. The number of hydrogen-bond acceptors (Lipinski definition) is 5. The van der Waals surface area contributed by atoms with Gasteiger partial charge in [0.15, 0.2) is 0 Å². The third kappa shape index (κ3) is 4.37. The van der Waals surface area contributed by atoms with Crippen LogP contribution in [-0.4, -0.2) is 21.5 Å². The Balaban J connectivity index is 1.95. The van der Waals surface area contributed by atoms with Crippen LogP contribution >= 0.6 is 22.9 Å². The summed E-state index contributed by atoms with van der Waals surface area (Å²) >= 11 is 7.64. The van der Waals surface area contributed by atoms with E-state index in [4.69, 9.17) is 11.6 Å². The second-order valence-electron chi connectivity index (χ2n) is 5.86. The lowest BCUT2D eigenvalue weighted by Gasteiger charge is -2.19. The SMILES string of the molecule is O=c1c(Cl)c(NC(CCO)c2cccs2)cnn1-c1cccc(C(F)(F)F)c1. The van der Waals surface area contributed by atoms with Crippen LogP contribution in [0.15, 0.2) is 52.8 Å². The number of aliphatic hydroxyl groups excluding tert-OH is 1. The second-order valence-corrected chi connectivity index (χ2v) is 7.22. The topological polar surface area (TPSA) is 67.2 Å². The molecule has 10 heteroatoms. The number of hydrogen-bond donors (Lipinski definition) is 2. The smallest absolute Gasteiger partial charge is 0.396 e. The van der Waals surface area contributed by atoms with Gasteiger partial charge in [-0.25, -0.2) is 0 Å². The van der Waals surface area contributed by atoms with E-state index in [2.05, 4.69) is 10.4 Å². The van der Waals surface area contributed by atoms with Crippen LogP contribution in [0.2, 0.25) is 5.02 Å². The number of halogens is 4. The van der Waals surface area contributed by atoms with Crippen LogP contribution in [0.3, 0.4) is 0 Å². The van der Waals surface area contributed by atoms with E-state index in [1.54, 1.807) is 0 Å². The Morgan fingerprint density at radius 1 is 1.29 bits per heavy atom. The van der Waals surface area contributed by atoms with Crippen LogP contribution in [0.1, 0.15) is 22.9 Å². The van der Waals surface area contributed by atoms with Gasteiger partial charge in [-0.1, -0.05) is 23.7 Å². The molecular formula is C18H15ClF3N3O2S. The zero-order valence-electron chi connectivity index (χ0n) is 14.3. The third-order valence-corrected chi connectivity index (χ3v) is 5.32. The van der Waals surface area contributed by atoms with Crippen molar-refractivity contribution < 1.29 is 18.3 Å². The van der Waals surface area contributed by atoms with Gasteiger partial charge < -0.3 is 10.4 Å². The molecule has 148 valence electrons. The maximum absolute atomic E-state index is 12.9. The van der Waals surface area contributed by atoms with Gasteiger partial charge in [0.1, 0.15) is 5.02 Å². The lowest BCUT2D eigenvalue weighted by Crippen LogP contribution is -2.24. The van der Waals surface area contributed by atoms with Crippen molar-refractivity contribution in [3.05, 3.63) is 73.8 Å². The summed E-state index contributed by atoms with van der Waals surface area (Å²) in [5.41, 5.74) is -1.45. The first-order valence-electron chi connectivity index (χ1n) is 8.17. The molecule has 3 rings (SSSR count). The summed E-state index contributed by atoms with van der Waals surface area (Å²) in [7, 11) is 0. The molecule has 28 heavy (non-hydrogen) atoms. The zero-order valence-corrected chi connectivity index (χ0v) is 15.9. The van der Waals surface area contributed by atoms with E-state index < -0.39 is 17.3 Å². The molecule has 0 saturated heterocycles. The molecule has 0 spiro atoms. The predicted molar refractivity (Wildman–Crippen MR) is 102 cm³/mol.